The van der Waals surface area contributed by atoms with Gasteiger partial charge in [0, 0.05) is 38.3 Å². The number of aliphatic hydroxyl groups is 1. The van der Waals surface area contributed by atoms with E-state index in [0.717, 1.165) is 24.2 Å². The van der Waals surface area contributed by atoms with Crippen molar-refractivity contribution in [3.05, 3.63) is 29.3 Å². The van der Waals surface area contributed by atoms with Gasteiger partial charge in [-0.05, 0) is 19.9 Å². The summed E-state index contributed by atoms with van der Waals surface area (Å²) < 4.78 is 0. The fourth-order valence-electron chi connectivity index (χ4n) is 2.47. The number of hydrogen-bond donors (Lipinski definition) is 2. The number of phenolic OH excluding ortho intramolecular Hbond substituents is 1. The van der Waals surface area contributed by atoms with Gasteiger partial charge in [-0.1, -0.05) is 17.7 Å². The van der Waals surface area contributed by atoms with E-state index in [0.29, 0.717) is 25.4 Å². The summed E-state index contributed by atoms with van der Waals surface area (Å²) in [5, 5.41) is 19.2. The first-order valence-electron chi connectivity index (χ1n) is 6.95. The highest BCUT2D eigenvalue weighted by molar-refractivity contribution is 5.80. The van der Waals surface area contributed by atoms with Crippen LogP contribution in [0.4, 0.5) is 0 Å². The smallest absolute Gasteiger partial charge is 0.251 e. The highest BCUT2D eigenvalue weighted by atomic mass is 16.3. The SMILES string of the molecule is Cc1ccc(O)c(CN2CCN(C(=O)C(C)O)CC2)c1. The van der Waals surface area contributed by atoms with Crippen molar-refractivity contribution in [3.8, 4) is 5.75 Å². The molecule has 1 aliphatic heterocycles. The number of carbonyl (C=O) groups is 1. The Labute approximate surface area is 119 Å². The molecule has 1 atom stereocenters. The molecular formula is C15H22N2O3. The Hall–Kier alpha value is -1.59. The maximum Gasteiger partial charge on any atom is 0.251 e. The van der Waals surface area contributed by atoms with Crippen LogP contribution in [0.25, 0.3) is 0 Å². The first-order chi connectivity index (χ1) is 9.47. The Balaban J connectivity index is 1.91. The van der Waals surface area contributed by atoms with Gasteiger partial charge in [0.2, 0.25) is 0 Å². The van der Waals surface area contributed by atoms with E-state index >= 15 is 0 Å². The molecule has 2 N–H and O–H groups in total. The van der Waals surface area contributed by atoms with Crippen molar-refractivity contribution >= 4 is 5.91 Å². The van der Waals surface area contributed by atoms with Crippen LogP contribution in [-0.4, -0.2) is 58.2 Å². The molecule has 110 valence electrons. The molecule has 1 unspecified atom stereocenters. The van der Waals surface area contributed by atoms with Crippen molar-refractivity contribution in [3.63, 3.8) is 0 Å². The highest BCUT2D eigenvalue weighted by Gasteiger charge is 2.23. The molecule has 0 aromatic heterocycles. The first kappa shape index (κ1) is 14.8. The zero-order valence-corrected chi connectivity index (χ0v) is 12.0. The maximum absolute atomic E-state index is 11.7. The van der Waals surface area contributed by atoms with E-state index in [-0.39, 0.29) is 5.91 Å². The van der Waals surface area contributed by atoms with Gasteiger partial charge in [-0.2, -0.15) is 0 Å². The number of aryl methyl sites for hydroxylation is 1. The molecule has 0 bridgehead atoms. The highest BCUT2D eigenvalue weighted by Crippen LogP contribution is 2.20. The Morgan fingerprint density at radius 2 is 1.95 bits per heavy atom. The minimum Gasteiger partial charge on any atom is -0.508 e. The molecule has 1 amide bonds. The van der Waals surface area contributed by atoms with Gasteiger partial charge in [0.25, 0.3) is 5.91 Å². The van der Waals surface area contributed by atoms with Crippen LogP contribution in [0.15, 0.2) is 18.2 Å². The van der Waals surface area contributed by atoms with Crippen molar-refractivity contribution in [2.75, 3.05) is 26.2 Å². The van der Waals surface area contributed by atoms with Crippen molar-refractivity contribution in [1.29, 1.82) is 0 Å². The standard InChI is InChI=1S/C15H22N2O3/c1-11-3-4-14(19)13(9-11)10-16-5-7-17(8-6-16)15(20)12(2)18/h3-4,9,12,18-19H,5-8,10H2,1-2H3. The summed E-state index contributed by atoms with van der Waals surface area (Å²) >= 11 is 0. The number of phenols is 1. The lowest BCUT2D eigenvalue weighted by Crippen LogP contribution is -2.50. The monoisotopic (exact) mass is 278 g/mol. The van der Waals surface area contributed by atoms with Crippen LogP contribution in [0.2, 0.25) is 0 Å². The molecule has 1 aromatic rings. The van der Waals surface area contributed by atoms with Gasteiger partial charge < -0.3 is 15.1 Å². The third-order valence-corrected chi connectivity index (χ3v) is 3.67. The van der Waals surface area contributed by atoms with Crippen LogP contribution in [0, 0.1) is 6.92 Å². The van der Waals surface area contributed by atoms with Gasteiger partial charge >= 0.3 is 0 Å². The van der Waals surface area contributed by atoms with E-state index in [2.05, 4.69) is 4.90 Å². The lowest BCUT2D eigenvalue weighted by atomic mass is 10.1. The predicted octanol–water partition coefficient (Wildman–Crippen LogP) is 0.726. The molecule has 1 aromatic carbocycles. The van der Waals surface area contributed by atoms with Crippen LogP contribution in [0.3, 0.4) is 0 Å². The number of benzene rings is 1. The number of carbonyl (C=O) groups excluding carboxylic acids is 1. The number of aromatic hydroxyl groups is 1. The number of aliphatic hydroxyl groups excluding tert-OH is 1. The van der Waals surface area contributed by atoms with E-state index in [4.69, 9.17) is 0 Å². The first-order valence-corrected chi connectivity index (χ1v) is 6.95. The average molecular weight is 278 g/mol. The molecule has 1 fully saturated rings. The molecule has 1 heterocycles. The number of hydrogen-bond acceptors (Lipinski definition) is 4. The zero-order chi connectivity index (χ0) is 14.7. The normalized spacial score (nSPS) is 18.1. The molecule has 5 nitrogen and oxygen atoms in total. The Morgan fingerprint density at radius 1 is 1.30 bits per heavy atom. The van der Waals surface area contributed by atoms with E-state index in [9.17, 15) is 15.0 Å². The number of piperazine rings is 1. The third kappa shape index (κ3) is 3.49. The van der Waals surface area contributed by atoms with Gasteiger partial charge in [0.1, 0.15) is 11.9 Å². The summed E-state index contributed by atoms with van der Waals surface area (Å²) in [6, 6.07) is 5.60. The van der Waals surface area contributed by atoms with Crippen LogP contribution in [0.5, 0.6) is 5.75 Å². The predicted molar refractivity (Wildman–Crippen MR) is 76.4 cm³/mol. The second kappa shape index (κ2) is 6.24. The van der Waals surface area contributed by atoms with E-state index in [1.807, 2.05) is 19.1 Å². The topological polar surface area (TPSA) is 64.0 Å². The second-order valence-electron chi connectivity index (χ2n) is 5.41. The molecule has 0 saturated carbocycles. The summed E-state index contributed by atoms with van der Waals surface area (Å²) in [6.45, 7) is 6.94. The quantitative estimate of drug-likeness (QED) is 0.855. The molecule has 2 rings (SSSR count). The minimum atomic E-state index is -0.928. The molecule has 0 spiro atoms. The van der Waals surface area contributed by atoms with Gasteiger partial charge in [-0.15, -0.1) is 0 Å². The van der Waals surface area contributed by atoms with E-state index < -0.39 is 6.10 Å². The lowest BCUT2D eigenvalue weighted by Gasteiger charge is -2.35. The van der Waals surface area contributed by atoms with Gasteiger partial charge in [-0.25, -0.2) is 0 Å². The van der Waals surface area contributed by atoms with Gasteiger partial charge in [-0.3, -0.25) is 9.69 Å². The number of nitrogens with zero attached hydrogens (tertiary/aromatic N) is 2. The molecule has 1 saturated heterocycles. The summed E-state index contributed by atoms with van der Waals surface area (Å²) in [6.07, 6.45) is -0.928. The molecule has 0 aliphatic carbocycles. The lowest BCUT2D eigenvalue weighted by molar-refractivity contribution is -0.141. The average Bonchev–Trinajstić information content (AvgIpc) is 2.43. The fourth-order valence-corrected chi connectivity index (χ4v) is 2.47. The summed E-state index contributed by atoms with van der Waals surface area (Å²) in [5.41, 5.74) is 2.04. The van der Waals surface area contributed by atoms with Crippen LogP contribution < -0.4 is 0 Å². The summed E-state index contributed by atoms with van der Waals surface area (Å²) in [7, 11) is 0. The Kier molecular flexibility index (Phi) is 4.62. The zero-order valence-electron chi connectivity index (χ0n) is 12.0. The maximum atomic E-state index is 11.7. The number of amides is 1. The molecule has 5 heteroatoms. The van der Waals surface area contributed by atoms with Crippen LogP contribution in [0.1, 0.15) is 18.1 Å². The third-order valence-electron chi connectivity index (χ3n) is 3.67. The van der Waals surface area contributed by atoms with Crippen LogP contribution in [-0.2, 0) is 11.3 Å². The van der Waals surface area contributed by atoms with Crippen LogP contribution >= 0.6 is 0 Å². The Morgan fingerprint density at radius 3 is 2.55 bits per heavy atom. The molecule has 1 aliphatic rings. The molecule has 0 radical (unpaired) electrons. The Bertz CT molecular complexity index is 480. The number of rotatable bonds is 3. The summed E-state index contributed by atoms with van der Waals surface area (Å²) in [5.74, 6) is 0.112. The minimum absolute atomic E-state index is 0.206. The fraction of sp³-hybridized carbons (Fsp3) is 0.533. The van der Waals surface area contributed by atoms with Crippen molar-refractivity contribution in [2.24, 2.45) is 0 Å². The molecular weight excluding hydrogens is 256 g/mol. The second-order valence-corrected chi connectivity index (χ2v) is 5.41. The largest absolute Gasteiger partial charge is 0.508 e. The van der Waals surface area contributed by atoms with Crippen molar-refractivity contribution in [1.82, 2.24) is 9.80 Å². The van der Waals surface area contributed by atoms with Crippen molar-refractivity contribution < 1.29 is 15.0 Å². The van der Waals surface area contributed by atoms with Crippen molar-refractivity contribution in [2.45, 2.75) is 26.5 Å². The van der Waals surface area contributed by atoms with E-state index in [1.54, 1.807) is 11.0 Å². The molecule has 20 heavy (non-hydrogen) atoms. The van der Waals surface area contributed by atoms with E-state index in [1.165, 1.54) is 6.92 Å². The van der Waals surface area contributed by atoms with Gasteiger partial charge in [0.05, 0.1) is 0 Å². The summed E-state index contributed by atoms with van der Waals surface area (Å²) in [4.78, 5) is 15.6. The van der Waals surface area contributed by atoms with Gasteiger partial charge in [0.15, 0.2) is 0 Å².